The Bertz CT molecular complexity index is 556. The van der Waals surface area contributed by atoms with Gasteiger partial charge in [0.2, 0.25) is 0 Å². The van der Waals surface area contributed by atoms with Gasteiger partial charge in [0.25, 0.3) is 10.1 Å². The molecule has 0 atom stereocenters. The van der Waals surface area contributed by atoms with E-state index in [2.05, 4.69) is 15.4 Å². The Morgan fingerprint density at radius 1 is 1.29 bits per heavy atom. The van der Waals surface area contributed by atoms with Crippen LogP contribution >= 0.6 is 0 Å². The van der Waals surface area contributed by atoms with E-state index in [1.54, 1.807) is 0 Å². The summed E-state index contributed by atoms with van der Waals surface area (Å²) in [6.07, 6.45) is 0. The van der Waals surface area contributed by atoms with Gasteiger partial charge in [0.05, 0.1) is 4.90 Å². The molecule has 0 fully saturated rings. The zero-order chi connectivity index (χ0) is 9.47. The average molecular weight is 223 g/mol. The fourth-order valence-electron chi connectivity index (χ4n) is 0.981. The van der Waals surface area contributed by atoms with Crippen molar-refractivity contribution < 1.29 is 44.0 Å². The molecule has 0 aliphatic carbocycles. The van der Waals surface area contributed by atoms with E-state index in [1.165, 1.54) is 18.2 Å². The van der Waals surface area contributed by atoms with Gasteiger partial charge in [-0.3, -0.25) is 4.55 Å². The van der Waals surface area contributed by atoms with Crippen molar-refractivity contribution in [2.75, 3.05) is 0 Å². The first-order chi connectivity index (χ1) is 6.07. The van der Waals surface area contributed by atoms with Crippen molar-refractivity contribution >= 4 is 21.2 Å². The van der Waals surface area contributed by atoms with Gasteiger partial charge in [0, 0.05) is 0 Å². The van der Waals surface area contributed by atoms with E-state index in [9.17, 15) is 8.42 Å². The summed E-state index contributed by atoms with van der Waals surface area (Å²) in [6.45, 7) is 0. The van der Waals surface area contributed by atoms with E-state index in [0.717, 1.165) is 0 Å². The third-order valence-electron chi connectivity index (χ3n) is 1.59. The van der Waals surface area contributed by atoms with E-state index < -0.39 is 10.1 Å². The fourth-order valence-corrected chi connectivity index (χ4v) is 1.48. The number of aromatic amines is 1. The third-order valence-corrected chi connectivity index (χ3v) is 2.44. The monoisotopic (exact) mass is 223 g/mol. The molecule has 1 aromatic carbocycles. The number of nitrogens with zero attached hydrogens (tertiary/aromatic N) is 2. The van der Waals surface area contributed by atoms with Crippen molar-refractivity contribution in [2.24, 2.45) is 0 Å². The first kappa shape index (κ1) is 11.6. The molecule has 2 N–H and O–H groups in total. The molecular weight excluding hydrogens is 217 g/mol. The topological polar surface area (TPSA) is 95.9 Å². The molecule has 0 saturated heterocycles. The zero-order valence-corrected chi connectivity index (χ0v) is 10.1. The van der Waals surface area contributed by atoms with Crippen molar-refractivity contribution in [2.45, 2.75) is 4.90 Å². The van der Waals surface area contributed by atoms with Crippen LogP contribution in [-0.4, -0.2) is 28.4 Å². The SMILES string of the molecule is O=S(=O)(O)c1ccc2n[nH]nc2c1.[H-].[Na+]. The van der Waals surface area contributed by atoms with Crippen molar-refractivity contribution in [1.29, 1.82) is 0 Å². The maximum absolute atomic E-state index is 10.7. The van der Waals surface area contributed by atoms with Crippen LogP contribution in [0.5, 0.6) is 0 Å². The van der Waals surface area contributed by atoms with E-state index >= 15 is 0 Å². The number of H-pyrrole nitrogens is 1. The number of hydrogen-bond acceptors (Lipinski definition) is 4. The van der Waals surface area contributed by atoms with Crippen molar-refractivity contribution in [3.8, 4) is 0 Å². The van der Waals surface area contributed by atoms with Gasteiger partial charge in [-0.2, -0.15) is 23.8 Å². The number of rotatable bonds is 1. The van der Waals surface area contributed by atoms with Gasteiger partial charge in [-0.1, -0.05) is 0 Å². The van der Waals surface area contributed by atoms with Crippen LogP contribution in [0.3, 0.4) is 0 Å². The largest absolute Gasteiger partial charge is 1.00 e. The molecule has 0 aliphatic heterocycles. The van der Waals surface area contributed by atoms with Gasteiger partial charge in [-0.25, -0.2) is 0 Å². The fraction of sp³-hybridized carbons (Fsp3) is 0. The predicted octanol–water partition coefficient (Wildman–Crippen LogP) is -2.68. The number of benzene rings is 1. The second kappa shape index (κ2) is 3.95. The number of hydrogen-bond donors (Lipinski definition) is 2. The average Bonchev–Trinajstić information content (AvgIpc) is 2.47. The molecule has 0 bridgehead atoms. The van der Waals surface area contributed by atoms with Gasteiger partial charge >= 0.3 is 29.6 Å². The Hall–Kier alpha value is -0.470. The molecule has 0 amide bonds. The number of fused-ring (bicyclic) bond motifs is 1. The molecule has 14 heavy (non-hydrogen) atoms. The molecule has 0 spiro atoms. The molecule has 2 aromatic rings. The molecule has 70 valence electrons. The first-order valence-electron chi connectivity index (χ1n) is 3.35. The molecule has 1 heterocycles. The number of nitrogens with one attached hydrogen (secondary N) is 1. The molecule has 2 rings (SSSR count). The van der Waals surface area contributed by atoms with Crippen LogP contribution in [-0.2, 0) is 10.1 Å². The van der Waals surface area contributed by atoms with Crippen molar-refractivity contribution in [3.63, 3.8) is 0 Å². The standard InChI is InChI=1S/C6H5N3O3S.Na.H/c10-13(11,12)4-1-2-5-6(3-4)8-9-7-5;;/h1-3H,(H,7,8,9)(H,10,11,12);;/q;+1;-1. The third kappa shape index (κ3) is 2.12. The van der Waals surface area contributed by atoms with E-state index in [4.69, 9.17) is 4.55 Å². The molecule has 0 unspecified atom stereocenters. The smallest absolute Gasteiger partial charge is 1.00 e. The van der Waals surface area contributed by atoms with Crippen molar-refractivity contribution in [1.82, 2.24) is 15.4 Å². The van der Waals surface area contributed by atoms with Crippen LogP contribution in [0.2, 0.25) is 0 Å². The second-order valence-electron chi connectivity index (χ2n) is 2.45. The van der Waals surface area contributed by atoms with Crippen LogP contribution in [0.15, 0.2) is 23.1 Å². The Morgan fingerprint density at radius 3 is 2.57 bits per heavy atom. The quantitative estimate of drug-likeness (QED) is 0.406. The van der Waals surface area contributed by atoms with Gasteiger partial charge in [0.15, 0.2) is 0 Å². The van der Waals surface area contributed by atoms with E-state index in [0.29, 0.717) is 11.0 Å². The Kier molecular flexibility index (Phi) is 3.28. The molecule has 8 heteroatoms. The van der Waals surface area contributed by atoms with Gasteiger partial charge in [-0.05, 0) is 18.2 Å². The molecule has 0 radical (unpaired) electrons. The Morgan fingerprint density at radius 2 is 1.93 bits per heavy atom. The van der Waals surface area contributed by atoms with E-state index in [-0.39, 0.29) is 35.9 Å². The molecule has 0 saturated carbocycles. The summed E-state index contributed by atoms with van der Waals surface area (Å²) >= 11 is 0. The molecule has 6 nitrogen and oxygen atoms in total. The molecule has 1 aromatic heterocycles. The Labute approximate surface area is 103 Å². The molecular formula is C6H6N3NaO3S. The Balaban J connectivity index is 0.000000980. The summed E-state index contributed by atoms with van der Waals surface area (Å²) in [6, 6.07) is 3.97. The second-order valence-corrected chi connectivity index (χ2v) is 3.87. The first-order valence-corrected chi connectivity index (χ1v) is 4.79. The molecule has 0 aliphatic rings. The van der Waals surface area contributed by atoms with Crippen molar-refractivity contribution in [3.05, 3.63) is 18.2 Å². The summed E-state index contributed by atoms with van der Waals surface area (Å²) < 4.78 is 30.1. The minimum atomic E-state index is -4.15. The maximum atomic E-state index is 10.7. The minimum absolute atomic E-state index is 0. The predicted molar refractivity (Wildman–Crippen MR) is 44.8 cm³/mol. The summed E-state index contributed by atoms with van der Waals surface area (Å²) in [5.41, 5.74) is 0.947. The van der Waals surface area contributed by atoms with Crippen LogP contribution < -0.4 is 29.6 Å². The normalized spacial score (nSPS) is 11.2. The van der Waals surface area contributed by atoms with Gasteiger partial charge in [-0.15, -0.1) is 0 Å². The van der Waals surface area contributed by atoms with Crippen LogP contribution in [0.4, 0.5) is 0 Å². The van der Waals surface area contributed by atoms with Gasteiger partial charge in [0.1, 0.15) is 11.0 Å². The number of aromatic nitrogens is 3. The summed E-state index contributed by atoms with van der Waals surface area (Å²) in [5, 5.41) is 9.75. The van der Waals surface area contributed by atoms with Crippen LogP contribution in [0, 0.1) is 0 Å². The van der Waals surface area contributed by atoms with Gasteiger partial charge < -0.3 is 1.43 Å². The summed E-state index contributed by atoms with van der Waals surface area (Å²) in [7, 11) is -4.15. The summed E-state index contributed by atoms with van der Waals surface area (Å²) in [4.78, 5) is -0.186. The van der Waals surface area contributed by atoms with Crippen LogP contribution in [0.1, 0.15) is 1.43 Å². The van der Waals surface area contributed by atoms with E-state index in [1.807, 2.05) is 0 Å². The zero-order valence-electron chi connectivity index (χ0n) is 8.30. The minimum Gasteiger partial charge on any atom is -1.00 e. The summed E-state index contributed by atoms with van der Waals surface area (Å²) in [5.74, 6) is 0. The van der Waals surface area contributed by atoms with Crippen LogP contribution in [0.25, 0.3) is 11.0 Å². The maximum Gasteiger partial charge on any atom is 1.00 e.